The largest absolute Gasteiger partial charge is 0.294 e. The third-order valence-electron chi connectivity index (χ3n) is 4.47. The van der Waals surface area contributed by atoms with Crippen molar-refractivity contribution in [2.24, 2.45) is 5.92 Å². The van der Waals surface area contributed by atoms with E-state index in [4.69, 9.17) is 0 Å². The number of hydrogen-bond acceptors (Lipinski definition) is 2. The van der Waals surface area contributed by atoms with E-state index in [1.807, 2.05) is 25.1 Å². The molecule has 0 spiro atoms. The maximum Gasteiger partial charge on any atom is 0.168 e. The number of aromatic nitrogens is 1. The zero-order chi connectivity index (χ0) is 16.8. The SMILES string of the molecule is Cc1nc2c(Br)cccc2c(-c2ccc(F)cc2)c1C(=O)C1CC1. The van der Waals surface area contributed by atoms with Crippen LogP contribution in [0.4, 0.5) is 4.39 Å². The lowest BCUT2D eigenvalue weighted by Crippen LogP contribution is -2.09. The van der Waals surface area contributed by atoms with Crippen molar-refractivity contribution in [3.63, 3.8) is 0 Å². The number of nitrogens with zero attached hydrogens (tertiary/aromatic N) is 1. The molecule has 1 saturated carbocycles. The number of hydrogen-bond donors (Lipinski definition) is 0. The van der Waals surface area contributed by atoms with Crippen molar-refractivity contribution in [1.82, 2.24) is 4.98 Å². The molecular weight excluding hydrogens is 369 g/mol. The number of carbonyl (C=O) groups excluding carboxylic acids is 1. The van der Waals surface area contributed by atoms with Gasteiger partial charge in [0.2, 0.25) is 0 Å². The van der Waals surface area contributed by atoms with Gasteiger partial charge in [0.15, 0.2) is 5.78 Å². The van der Waals surface area contributed by atoms with Gasteiger partial charge in [-0.05, 0) is 59.5 Å². The molecule has 4 rings (SSSR count). The number of carbonyl (C=O) groups is 1. The Hall–Kier alpha value is -2.07. The molecule has 0 atom stereocenters. The van der Waals surface area contributed by atoms with Crippen molar-refractivity contribution in [3.05, 3.63) is 64.0 Å². The van der Waals surface area contributed by atoms with Gasteiger partial charge in [-0.25, -0.2) is 4.39 Å². The number of fused-ring (bicyclic) bond motifs is 1. The fourth-order valence-electron chi connectivity index (χ4n) is 3.14. The molecule has 0 aliphatic heterocycles. The Labute approximate surface area is 147 Å². The topological polar surface area (TPSA) is 30.0 Å². The summed E-state index contributed by atoms with van der Waals surface area (Å²) in [5.74, 6) is -0.0272. The minimum absolute atomic E-state index is 0.106. The summed E-state index contributed by atoms with van der Waals surface area (Å²) < 4.78 is 14.3. The number of para-hydroxylation sites is 1. The Morgan fingerprint density at radius 3 is 2.54 bits per heavy atom. The van der Waals surface area contributed by atoms with E-state index in [0.29, 0.717) is 5.56 Å². The molecule has 4 heteroatoms. The van der Waals surface area contributed by atoms with Crippen LogP contribution < -0.4 is 0 Å². The Morgan fingerprint density at radius 2 is 1.88 bits per heavy atom. The van der Waals surface area contributed by atoms with E-state index >= 15 is 0 Å². The van der Waals surface area contributed by atoms with E-state index in [-0.39, 0.29) is 17.5 Å². The normalized spacial score (nSPS) is 14.1. The zero-order valence-electron chi connectivity index (χ0n) is 13.1. The van der Waals surface area contributed by atoms with Crippen LogP contribution in [0.3, 0.4) is 0 Å². The van der Waals surface area contributed by atoms with Gasteiger partial charge in [-0.2, -0.15) is 0 Å². The Morgan fingerprint density at radius 1 is 1.17 bits per heavy atom. The first-order chi connectivity index (χ1) is 11.6. The van der Waals surface area contributed by atoms with Crippen molar-refractivity contribution in [3.8, 4) is 11.1 Å². The highest BCUT2D eigenvalue weighted by atomic mass is 79.9. The summed E-state index contributed by atoms with van der Waals surface area (Å²) in [6.07, 6.45) is 1.88. The fourth-order valence-corrected chi connectivity index (χ4v) is 3.59. The number of Topliss-reactive ketones (excluding diaryl/α,β-unsaturated/α-hetero) is 1. The van der Waals surface area contributed by atoms with E-state index in [1.54, 1.807) is 12.1 Å². The predicted molar refractivity (Wildman–Crippen MR) is 96.6 cm³/mol. The summed E-state index contributed by atoms with van der Waals surface area (Å²) in [5.41, 5.74) is 3.92. The maximum absolute atomic E-state index is 13.4. The van der Waals surface area contributed by atoms with Crippen LogP contribution in [-0.4, -0.2) is 10.8 Å². The highest BCUT2D eigenvalue weighted by molar-refractivity contribution is 9.10. The molecule has 0 bridgehead atoms. The smallest absolute Gasteiger partial charge is 0.168 e. The molecule has 3 aromatic rings. The van der Waals surface area contributed by atoms with Crippen molar-refractivity contribution < 1.29 is 9.18 Å². The predicted octanol–water partition coefficient (Wildman–Crippen LogP) is 5.70. The standard InChI is InChI=1S/C20H15BrFNO/c1-11-17(20(24)13-5-6-13)18(12-7-9-14(22)10-8-12)15-3-2-4-16(21)19(15)23-11/h2-4,7-10,13H,5-6H2,1H3. The molecule has 0 amide bonds. The molecular formula is C20H15BrFNO. The highest BCUT2D eigenvalue weighted by Gasteiger charge is 2.34. The van der Waals surface area contributed by atoms with Crippen molar-refractivity contribution in [1.29, 1.82) is 0 Å². The second-order valence-electron chi connectivity index (χ2n) is 6.23. The lowest BCUT2D eigenvalue weighted by Gasteiger charge is -2.16. The molecule has 1 aromatic heterocycles. The number of rotatable bonds is 3. The first-order valence-electron chi connectivity index (χ1n) is 7.95. The van der Waals surface area contributed by atoms with Gasteiger partial charge in [0.1, 0.15) is 5.82 Å². The van der Waals surface area contributed by atoms with Crippen LogP contribution in [0, 0.1) is 18.7 Å². The number of ketones is 1. The van der Waals surface area contributed by atoms with E-state index in [2.05, 4.69) is 20.9 Å². The summed E-state index contributed by atoms with van der Waals surface area (Å²) in [6.45, 7) is 1.88. The summed E-state index contributed by atoms with van der Waals surface area (Å²) in [7, 11) is 0. The quantitative estimate of drug-likeness (QED) is 0.542. The van der Waals surface area contributed by atoms with Crippen LogP contribution in [0.1, 0.15) is 28.9 Å². The number of pyridine rings is 1. The molecule has 1 fully saturated rings. The fraction of sp³-hybridized carbons (Fsp3) is 0.200. The molecule has 2 aromatic carbocycles. The van der Waals surface area contributed by atoms with E-state index in [0.717, 1.165) is 45.0 Å². The van der Waals surface area contributed by atoms with Gasteiger partial charge in [0.05, 0.1) is 5.52 Å². The molecule has 0 unspecified atom stereocenters. The molecule has 2 nitrogen and oxygen atoms in total. The summed E-state index contributed by atoms with van der Waals surface area (Å²) in [5, 5.41) is 0.908. The average Bonchev–Trinajstić information content (AvgIpc) is 3.40. The van der Waals surface area contributed by atoms with Crippen LogP contribution in [-0.2, 0) is 0 Å². The van der Waals surface area contributed by atoms with Crippen LogP contribution in [0.15, 0.2) is 46.9 Å². The van der Waals surface area contributed by atoms with Gasteiger partial charge in [0.25, 0.3) is 0 Å². The molecule has 0 saturated heterocycles. The van der Waals surface area contributed by atoms with E-state index in [1.165, 1.54) is 12.1 Å². The molecule has 1 aliphatic rings. The van der Waals surface area contributed by atoms with Gasteiger partial charge < -0.3 is 0 Å². The van der Waals surface area contributed by atoms with Gasteiger partial charge in [-0.3, -0.25) is 9.78 Å². The second kappa shape index (κ2) is 5.78. The third-order valence-corrected chi connectivity index (χ3v) is 5.11. The van der Waals surface area contributed by atoms with Gasteiger partial charge >= 0.3 is 0 Å². The second-order valence-corrected chi connectivity index (χ2v) is 7.08. The summed E-state index contributed by atoms with van der Waals surface area (Å²) in [6, 6.07) is 12.2. The number of aryl methyl sites for hydroxylation is 1. The van der Waals surface area contributed by atoms with Gasteiger partial charge in [-0.15, -0.1) is 0 Å². The number of benzene rings is 2. The van der Waals surface area contributed by atoms with E-state index in [9.17, 15) is 9.18 Å². The van der Waals surface area contributed by atoms with Gasteiger partial charge in [0, 0.05) is 32.6 Å². The van der Waals surface area contributed by atoms with Crippen LogP contribution in [0.25, 0.3) is 22.0 Å². The monoisotopic (exact) mass is 383 g/mol. The lowest BCUT2D eigenvalue weighted by molar-refractivity contribution is 0.0967. The Balaban J connectivity index is 2.09. The Kier molecular flexibility index (Phi) is 3.72. The van der Waals surface area contributed by atoms with Crippen molar-refractivity contribution in [2.75, 3.05) is 0 Å². The van der Waals surface area contributed by atoms with Crippen LogP contribution >= 0.6 is 15.9 Å². The molecule has 0 N–H and O–H groups in total. The summed E-state index contributed by atoms with van der Waals surface area (Å²) >= 11 is 3.54. The van der Waals surface area contributed by atoms with Crippen molar-refractivity contribution in [2.45, 2.75) is 19.8 Å². The van der Waals surface area contributed by atoms with E-state index < -0.39 is 0 Å². The van der Waals surface area contributed by atoms with Crippen LogP contribution in [0.5, 0.6) is 0 Å². The molecule has 24 heavy (non-hydrogen) atoms. The maximum atomic E-state index is 13.4. The third kappa shape index (κ3) is 2.55. The summed E-state index contributed by atoms with van der Waals surface area (Å²) in [4.78, 5) is 17.6. The Bertz CT molecular complexity index is 962. The van der Waals surface area contributed by atoms with Crippen LogP contribution in [0.2, 0.25) is 0 Å². The first kappa shape index (κ1) is 15.5. The van der Waals surface area contributed by atoms with Gasteiger partial charge in [-0.1, -0.05) is 24.3 Å². The van der Waals surface area contributed by atoms with Crippen molar-refractivity contribution >= 4 is 32.6 Å². The minimum atomic E-state index is -0.287. The minimum Gasteiger partial charge on any atom is -0.294 e. The lowest BCUT2D eigenvalue weighted by atomic mass is 9.91. The number of halogens is 2. The zero-order valence-corrected chi connectivity index (χ0v) is 14.7. The molecule has 1 aliphatic carbocycles. The average molecular weight is 384 g/mol. The highest BCUT2D eigenvalue weighted by Crippen LogP contribution is 2.40. The molecule has 1 heterocycles. The molecule has 120 valence electrons. The molecule has 0 radical (unpaired) electrons. The first-order valence-corrected chi connectivity index (χ1v) is 8.74.